The van der Waals surface area contributed by atoms with Crippen molar-refractivity contribution < 1.29 is 9.59 Å². The van der Waals surface area contributed by atoms with Gasteiger partial charge in [-0.2, -0.15) is 0 Å². The molecule has 0 aliphatic rings. The number of benzene rings is 1. The van der Waals surface area contributed by atoms with Crippen LogP contribution < -0.4 is 5.32 Å². The molecule has 0 radical (unpaired) electrons. The third kappa shape index (κ3) is 3.29. The molecule has 0 unspecified atom stereocenters. The van der Waals surface area contributed by atoms with Crippen molar-refractivity contribution in [1.82, 2.24) is 0 Å². The molecule has 1 N–H and O–H groups in total. The van der Waals surface area contributed by atoms with Gasteiger partial charge in [-0.1, -0.05) is 19.1 Å². The fourth-order valence-corrected chi connectivity index (χ4v) is 2.54. The highest BCUT2D eigenvalue weighted by Crippen LogP contribution is 2.19. The van der Waals surface area contributed by atoms with Crippen molar-refractivity contribution >= 4 is 28.7 Å². The minimum Gasteiger partial charge on any atom is -0.321 e. The van der Waals surface area contributed by atoms with E-state index in [0.29, 0.717) is 16.1 Å². The van der Waals surface area contributed by atoms with Crippen LogP contribution in [0.5, 0.6) is 0 Å². The number of amides is 1. The quantitative estimate of drug-likeness (QED) is 0.862. The Balaban J connectivity index is 2.14. The lowest BCUT2D eigenvalue weighted by Gasteiger charge is -2.04. The molecule has 1 aromatic heterocycles. The number of ketones is 1. The average Bonchev–Trinajstić information content (AvgIpc) is 2.88. The predicted octanol–water partition coefficient (Wildman–Crippen LogP) is 3.77. The molecule has 0 aliphatic heterocycles. The average molecular weight is 273 g/mol. The maximum absolute atomic E-state index is 12.0. The second-order valence-corrected chi connectivity index (χ2v) is 5.38. The number of hydrogen-bond donors (Lipinski definition) is 1. The van der Waals surface area contributed by atoms with E-state index in [2.05, 4.69) is 12.2 Å². The summed E-state index contributed by atoms with van der Waals surface area (Å²) in [5.74, 6) is -0.147. The summed E-state index contributed by atoms with van der Waals surface area (Å²) in [6, 6.07) is 10.8. The Bertz CT molecular complexity index is 616. The van der Waals surface area contributed by atoms with Gasteiger partial charge in [-0.25, -0.2) is 0 Å². The van der Waals surface area contributed by atoms with Crippen molar-refractivity contribution in [2.75, 3.05) is 5.32 Å². The van der Waals surface area contributed by atoms with E-state index in [4.69, 9.17) is 0 Å². The van der Waals surface area contributed by atoms with Crippen LogP contribution in [0.2, 0.25) is 0 Å². The molecule has 3 nitrogen and oxygen atoms in total. The van der Waals surface area contributed by atoms with Gasteiger partial charge >= 0.3 is 0 Å². The molecule has 1 heterocycles. The number of rotatable bonds is 4. The van der Waals surface area contributed by atoms with E-state index in [0.717, 1.165) is 6.42 Å². The third-order valence-corrected chi connectivity index (χ3v) is 3.99. The van der Waals surface area contributed by atoms with Crippen LogP contribution in [0.1, 0.15) is 38.8 Å². The molecule has 0 saturated heterocycles. The van der Waals surface area contributed by atoms with Gasteiger partial charge in [0.25, 0.3) is 5.91 Å². The molecular weight excluding hydrogens is 258 g/mol. The van der Waals surface area contributed by atoms with Crippen molar-refractivity contribution in [3.8, 4) is 0 Å². The van der Waals surface area contributed by atoms with Crippen molar-refractivity contribution in [1.29, 1.82) is 0 Å². The second-order valence-electron chi connectivity index (χ2n) is 4.21. The summed E-state index contributed by atoms with van der Waals surface area (Å²) in [7, 11) is 0. The number of carbonyl (C=O) groups excluding carboxylic acids is 2. The topological polar surface area (TPSA) is 46.2 Å². The van der Waals surface area contributed by atoms with E-state index < -0.39 is 0 Å². The van der Waals surface area contributed by atoms with Gasteiger partial charge in [0.2, 0.25) is 0 Å². The number of thiophene rings is 1. The third-order valence-electron chi connectivity index (χ3n) is 2.76. The number of aryl methyl sites for hydroxylation is 1. The van der Waals surface area contributed by atoms with Gasteiger partial charge in [0.05, 0.1) is 4.88 Å². The zero-order valence-electron chi connectivity index (χ0n) is 10.9. The van der Waals surface area contributed by atoms with Gasteiger partial charge in [0.1, 0.15) is 0 Å². The summed E-state index contributed by atoms with van der Waals surface area (Å²) >= 11 is 1.49. The summed E-state index contributed by atoms with van der Waals surface area (Å²) in [5, 5.41) is 2.81. The highest BCUT2D eigenvalue weighted by atomic mass is 32.1. The van der Waals surface area contributed by atoms with E-state index in [1.165, 1.54) is 23.1 Å². The molecule has 0 atom stereocenters. The van der Waals surface area contributed by atoms with Crippen LogP contribution in [0, 0.1) is 0 Å². The summed E-state index contributed by atoms with van der Waals surface area (Å²) in [4.78, 5) is 25.2. The zero-order chi connectivity index (χ0) is 13.8. The Hall–Kier alpha value is -1.94. The Kier molecular flexibility index (Phi) is 4.12. The van der Waals surface area contributed by atoms with E-state index in [9.17, 15) is 9.59 Å². The van der Waals surface area contributed by atoms with Crippen molar-refractivity contribution in [2.24, 2.45) is 0 Å². The molecule has 0 aliphatic carbocycles. The number of carbonyl (C=O) groups is 2. The van der Waals surface area contributed by atoms with Gasteiger partial charge < -0.3 is 5.32 Å². The molecule has 1 aromatic carbocycles. The molecule has 0 fully saturated rings. The number of nitrogens with one attached hydrogen (secondary N) is 1. The fourth-order valence-electron chi connectivity index (χ4n) is 1.70. The maximum Gasteiger partial charge on any atom is 0.265 e. The first-order valence-electron chi connectivity index (χ1n) is 6.11. The second kappa shape index (κ2) is 5.80. The summed E-state index contributed by atoms with van der Waals surface area (Å²) in [6.45, 7) is 3.57. The minimum absolute atomic E-state index is 0.0134. The van der Waals surface area contributed by atoms with Crippen molar-refractivity contribution in [2.45, 2.75) is 20.3 Å². The molecule has 2 aromatic rings. The van der Waals surface area contributed by atoms with Crippen LogP contribution in [0.3, 0.4) is 0 Å². The fraction of sp³-hybridized carbons (Fsp3) is 0.200. The number of anilines is 1. The lowest BCUT2D eigenvalue weighted by atomic mass is 10.1. The molecule has 98 valence electrons. The lowest BCUT2D eigenvalue weighted by molar-refractivity contribution is 0.101. The van der Waals surface area contributed by atoms with Crippen molar-refractivity contribution in [3.63, 3.8) is 0 Å². The van der Waals surface area contributed by atoms with E-state index in [1.807, 2.05) is 12.1 Å². The minimum atomic E-state index is -0.134. The van der Waals surface area contributed by atoms with E-state index in [1.54, 1.807) is 24.3 Å². The Morgan fingerprint density at radius 2 is 2.00 bits per heavy atom. The molecule has 19 heavy (non-hydrogen) atoms. The van der Waals surface area contributed by atoms with Gasteiger partial charge in [0.15, 0.2) is 5.78 Å². The molecule has 0 bridgehead atoms. The van der Waals surface area contributed by atoms with Gasteiger partial charge in [-0.15, -0.1) is 11.3 Å². The lowest BCUT2D eigenvalue weighted by Crippen LogP contribution is -2.10. The Labute approximate surface area is 116 Å². The predicted molar refractivity (Wildman–Crippen MR) is 78.1 cm³/mol. The summed E-state index contributed by atoms with van der Waals surface area (Å²) < 4.78 is 0. The number of Topliss-reactive ketones (excluding diaryl/α,β-unsaturated/α-hetero) is 1. The molecule has 0 saturated carbocycles. The first kappa shape index (κ1) is 13.5. The van der Waals surface area contributed by atoms with Crippen LogP contribution in [-0.4, -0.2) is 11.7 Å². The highest BCUT2D eigenvalue weighted by molar-refractivity contribution is 7.14. The van der Waals surface area contributed by atoms with Crippen LogP contribution >= 0.6 is 11.3 Å². The highest BCUT2D eigenvalue weighted by Gasteiger charge is 2.09. The summed E-state index contributed by atoms with van der Waals surface area (Å²) in [5.41, 5.74) is 1.24. The van der Waals surface area contributed by atoms with Gasteiger partial charge in [-0.3, -0.25) is 9.59 Å². The largest absolute Gasteiger partial charge is 0.321 e. The summed E-state index contributed by atoms with van der Waals surface area (Å²) in [6.07, 6.45) is 0.928. The standard InChI is InChI=1S/C15H15NO2S/c1-3-13-7-8-14(19-13)15(18)16-12-6-4-5-11(9-12)10(2)17/h4-9H,3H2,1-2H3,(H,16,18). The van der Waals surface area contributed by atoms with Crippen LogP contribution in [0.4, 0.5) is 5.69 Å². The van der Waals surface area contributed by atoms with E-state index >= 15 is 0 Å². The molecule has 1 amide bonds. The SMILES string of the molecule is CCc1ccc(C(=O)Nc2cccc(C(C)=O)c2)s1. The first-order chi connectivity index (χ1) is 9.10. The van der Waals surface area contributed by atoms with Gasteiger partial charge in [0, 0.05) is 16.1 Å². The first-order valence-corrected chi connectivity index (χ1v) is 6.93. The van der Waals surface area contributed by atoms with Crippen LogP contribution in [0.25, 0.3) is 0 Å². The van der Waals surface area contributed by atoms with Gasteiger partial charge in [-0.05, 0) is 37.6 Å². The van der Waals surface area contributed by atoms with E-state index in [-0.39, 0.29) is 11.7 Å². The maximum atomic E-state index is 12.0. The molecule has 0 spiro atoms. The van der Waals surface area contributed by atoms with Crippen LogP contribution in [-0.2, 0) is 6.42 Å². The van der Waals surface area contributed by atoms with Crippen molar-refractivity contribution in [3.05, 3.63) is 51.7 Å². The van der Waals surface area contributed by atoms with Crippen LogP contribution in [0.15, 0.2) is 36.4 Å². The normalized spacial score (nSPS) is 10.2. The Morgan fingerprint density at radius 1 is 1.21 bits per heavy atom. The monoisotopic (exact) mass is 273 g/mol. The number of hydrogen-bond acceptors (Lipinski definition) is 3. The molecule has 4 heteroatoms. The molecule has 2 rings (SSSR count). The Morgan fingerprint density at radius 3 is 2.63 bits per heavy atom. The smallest absolute Gasteiger partial charge is 0.265 e. The molecular formula is C15H15NO2S. The zero-order valence-corrected chi connectivity index (χ0v) is 11.7.